The molecule has 3 rings (SSSR count). The van der Waals surface area contributed by atoms with Gasteiger partial charge in [-0.25, -0.2) is 0 Å². The molecule has 0 aliphatic carbocycles. The molecule has 1 aromatic rings. The zero-order chi connectivity index (χ0) is 13.9. The summed E-state index contributed by atoms with van der Waals surface area (Å²) in [6.45, 7) is 6.82. The van der Waals surface area contributed by atoms with Gasteiger partial charge in [-0.3, -0.25) is 0 Å². The van der Waals surface area contributed by atoms with Crippen molar-refractivity contribution < 1.29 is 9.47 Å². The number of nitrogens with one attached hydrogen (secondary N) is 1. The van der Waals surface area contributed by atoms with Crippen molar-refractivity contribution in [2.24, 2.45) is 5.92 Å². The van der Waals surface area contributed by atoms with Crippen LogP contribution >= 0.6 is 0 Å². The summed E-state index contributed by atoms with van der Waals surface area (Å²) < 4.78 is 11.4. The predicted molar refractivity (Wildman–Crippen MR) is 79.3 cm³/mol. The van der Waals surface area contributed by atoms with Gasteiger partial charge in [0.1, 0.15) is 13.2 Å². The zero-order valence-electron chi connectivity index (χ0n) is 12.4. The Kier molecular flexibility index (Phi) is 4.13. The highest BCUT2D eigenvalue weighted by atomic mass is 16.6. The first-order chi connectivity index (χ1) is 9.74. The quantitative estimate of drug-likeness (QED) is 0.914. The van der Waals surface area contributed by atoms with Crippen molar-refractivity contribution in [3.63, 3.8) is 0 Å². The average molecular weight is 276 g/mol. The number of rotatable bonds is 3. The van der Waals surface area contributed by atoms with Crippen molar-refractivity contribution in [1.29, 1.82) is 0 Å². The van der Waals surface area contributed by atoms with E-state index in [1.54, 1.807) is 0 Å². The summed E-state index contributed by atoms with van der Waals surface area (Å²) >= 11 is 0. The van der Waals surface area contributed by atoms with Crippen LogP contribution in [0.5, 0.6) is 11.5 Å². The third-order valence-electron chi connectivity index (χ3n) is 4.31. The first-order valence-corrected chi connectivity index (χ1v) is 7.53. The molecule has 0 spiro atoms. The number of ether oxygens (including phenoxy) is 2. The lowest BCUT2D eigenvalue weighted by Crippen LogP contribution is -2.46. The second-order valence-electron chi connectivity index (χ2n) is 5.96. The smallest absolute Gasteiger partial charge is 0.165 e. The fourth-order valence-corrected chi connectivity index (χ4v) is 3.17. The Morgan fingerprint density at radius 3 is 3.00 bits per heavy atom. The standard InChI is InChI=1S/C16H24N2O2/c1-12-11-18(2)7-6-14(12)17-10-13-4-3-5-15-16(13)20-9-8-19-15/h3-5,12,14,17H,6-11H2,1-2H3. The fraction of sp³-hybridized carbons (Fsp3) is 0.625. The number of fused-ring (bicyclic) bond motifs is 1. The first kappa shape index (κ1) is 13.7. The van der Waals surface area contributed by atoms with E-state index in [0.29, 0.717) is 25.2 Å². The summed E-state index contributed by atoms with van der Waals surface area (Å²) in [6.07, 6.45) is 1.21. The molecule has 0 radical (unpaired) electrons. The number of likely N-dealkylation sites (tertiary alicyclic amines) is 1. The van der Waals surface area contributed by atoms with E-state index in [2.05, 4.69) is 30.3 Å². The number of hydrogen-bond acceptors (Lipinski definition) is 4. The molecule has 1 aromatic carbocycles. The summed E-state index contributed by atoms with van der Waals surface area (Å²) in [5, 5.41) is 3.70. The van der Waals surface area contributed by atoms with Gasteiger partial charge in [-0.05, 0) is 32.0 Å². The van der Waals surface area contributed by atoms with Crippen LogP contribution in [0.2, 0.25) is 0 Å². The molecule has 4 nitrogen and oxygen atoms in total. The molecule has 0 amide bonds. The Hall–Kier alpha value is -1.26. The van der Waals surface area contributed by atoms with Crippen molar-refractivity contribution in [3.05, 3.63) is 23.8 Å². The van der Waals surface area contributed by atoms with Gasteiger partial charge in [0.2, 0.25) is 0 Å². The van der Waals surface area contributed by atoms with Crippen LogP contribution in [0.1, 0.15) is 18.9 Å². The van der Waals surface area contributed by atoms with E-state index in [-0.39, 0.29) is 0 Å². The number of para-hydroxylation sites is 1. The first-order valence-electron chi connectivity index (χ1n) is 7.53. The molecule has 2 unspecified atom stereocenters. The highest BCUT2D eigenvalue weighted by molar-refractivity contribution is 5.47. The highest BCUT2D eigenvalue weighted by Gasteiger charge is 2.24. The van der Waals surface area contributed by atoms with E-state index >= 15 is 0 Å². The van der Waals surface area contributed by atoms with Gasteiger partial charge < -0.3 is 19.7 Å². The van der Waals surface area contributed by atoms with Gasteiger partial charge >= 0.3 is 0 Å². The van der Waals surface area contributed by atoms with Gasteiger partial charge in [0.25, 0.3) is 0 Å². The molecule has 2 heterocycles. The molecule has 4 heteroatoms. The third kappa shape index (κ3) is 2.91. The maximum Gasteiger partial charge on any atom is 0.165 e. The second kappa shape index (κ2) is 6.02. The molecule has 2 aliphatic heterocycles. The number of nitrogens with zero attached hydrogens (tertiary/aromatic N) is 1. The van der Waals surface area contributed by atoms with Crippen molar-refractivity contribution in [2.75, 3.05) is 33.4 Å². The Balaban J connectivity index is 1.64. The van der Waals surface area contributed by atoms with Crippen molar-refractivity contribution in [3.8, 4) is 11.5 Å². The van der Waals surface area contributed by atoms with Crippen molar-refractivity contribution >= 4 is 0 Å². The minimum atomic E-state index is 0.589. The lowest BCUT2D eigenvalue weighted by molar-refractivity contribution is 0.165. The summed E-state index contributed by atoms with van der Waals surface area (Å²) in [7, 11) is 2.20. The largest absolute Gasteiger partial charge is 0.486 e. The molecular weight excluding hydrogens is 252 g/mol. The van der Waals surface area contributed by atoms with Crippen LogP contribution in [0.15, 0.2) is 18.2 Å². The fourth-order valence-electron chi connectivity index (χ4n) is 3.17. The monoisotopic (exact) mass is 276 g/mol. The molecule has 110 valence electrons. The average Bonchev–Trinajstić information content (AvgIpc) is 2.46. The molecule has 20 heavy (non-hydrogen) atoms. The molecule has 0 saturated carbocycles. The van der Waals surface area contributed by atoms with Gasteiger partial charge in [-0.1, -0.05) is 19.1 Å². The van der Waals surface area contributed by atoms with Crippen LogP contribution in [-0.4, -0.2) is 44.3 Å². The lowest BCUT2D eigenvalue weighted by Gasteiger charge is -2.35. The normalized spacial score (nSPS) is 26.5. The minimum absolute atomic E-state index is 0.589. The summed E-state index contributed by atoms with van der Waals surface area (Å²) in [6, 6.07) is 6.74. The summed E-state index contributed by atoms with van der Waals surface area (Å²) in [4.78, 5) is 2.41. The van der Waals surface area contributed by atoms with Gasteiger partial charge in [0.05, 0.1) is 0 Å². The predicted octanol–water partition coefficient (Wildman–Crippen LogP) is 1.89. The molecule has 0 bridgehead atoms. The van der Waals surface area contributed by atoms with E-state index in [9.17, 15) is 0 Å². The Labute approximate surface area is 121 Å². The maximum absolute atomic E-state index is 5.77. The topological polar surface area (TPSA) is 33.7 Å². The van der Waals surface area contributed by atoms with Crippen LogP contribution < -0.4 is 14.8 Å². The lowest BCUT2D eigenvalue weighted by atomic mass is 9.94. The molecule has 2 aliphatic rings. The third-order valence-corrected chi connectivity index (χ3v) is 4.31. The minimum Gasteiger partial charge on any atom is -0.486 e. The summed E-state index contributed by atoms with van der Waals surface area (Å²) in [5.41, 5.74) is 1.20. The van der Waals surface area contributed by atoms with E-state index in [1.807, 2.05) is 12.1 Å². The molecule has 2 atom stereocenters. The van der Waals surface area contributed by atoms with Crippen LogP contribution in [0.4, 0.5) is 0 Å². The van der Waals surface area contributed by atoms with Gasteiger partial charge in [-0.2, -0.15) is 0 Å². The molecule has 1 saturated heterocycles. The second-order valence-corrected chi connectivity index (χ2v) is 5.96. The molecular formula is C16H24N2O2. The Morgan fingerprint density at radius 2 is 2.15 bits per heavy atom. The molecule has 0 aromatic heterocycles. The SMILES string of the molecule is CC1CN(C)CCC1NCc1cccc2c1OCCO2. The van der Waals surface area contributed by atoms with E-state index in [4.69, 9.17) is 9.47 Å². The number of benzene rings is 1. The van der Waals surface area contributed by atoms with Gasteiger partial charge in [0.15, 0.2) is 11.5 Å². The summed E-state index contributed by atoms with van der Waals surface area (Å²) in [5.74, 6) is 2.49. The highest BCUT2D eigenvalue weighted by Crippen LogP contribution is 2.33. The van der Waals surface area contributed by atoms with Gasteiger partial charge in [0, 0.05) is 24.7 Å². The number of piperidine rings is 1. The van der Waals surface area contributed by atoms with Gasteiger partial charge in [-0.15, -0.1) is 0 Å². The van der Waals surface area contributed by atoms with E-state index < -0.39 is 0 Å². The van der Waals surface area contributed by atoms with E-state index in [1.165, 1.54) is 25.1 Å². The molecule has 1 N–H and O–H groups in total. The Bertz CT molecular complexity index is 464. The van der Waals surface area contributed by atoms with E-state index in [0.717, 1.165) is 18.0 Å². The Morgan fingerprint density at radius 1 is 1.30 bits per heavy atom. The van der Waals surface area contributed by atoms with Crippen molar-refractivity contribution in [2.45, 2.75) is 25.9 Å². The van der Waals surface area contributed by atoms with Crippen LogP contribution in [0.3, 0.4) is 0 Å². The van der Waals surface area contributed by atoms with Crippen LogP contribution in [0, 0.1) is 5.92 Å². The molecule has 1 fully saturated rings. The maximum atomic E-state index is 5.77. The van der Waals surface area contributed by atoms with Crippen LogP contribution in [0.25, 0.3) is 0 Å². The van der Waals surface area contributed by atoms with Crippen LogP contribution in [-0.2, 0) is 6.54 Å². The number of hydrogen-bond donors (Lipinski definition) is 1. The zero-order valence-corrected chi connectivity index (χ0v) is 12.4. The van der Waals surface area contributed by atoms with Crippen molar-refractivity contribution in [1.82, 2.24) is 10.2 Å².